The van der Waals surface area contributed by atoms with Crippen molar-refractivity contribution in [3.63, 3.8) is 0 Å². The number of nitrogens with one attached hydrogen (secondary N) is 1. The molecule has 2 saturated heterocycles. The first-order valence-electron chi connectivity index (χ1n) is 9.81. The Morgan fingerprint density at radius 3 is 2.54 bits per heavy atom. The number of carbonyl (C=O) groups excluding carboxylic acids is 1. The lowest BCUT2D eigenvalue weighted by Gasteiger charge is -2.43. The minimum absolute atomic E-state index is 0.0366. The molecule has 1 atom stereocenters. The summed E-state index contributed by atoms with van der Waals surface area (Å²) >= 11 is 0. The van der Waals surface area contributed by atoms with E-state index < -0.39 is 11.2 Å². The van der Waals surface area contributed by atoms with E-state index in [0.717, 1.165) is 25.8 Å². The quantitative estimate of drug-likeness (QED) is 0.860. The molecule has 1 amide bonds. The van der Waals surface area contributed by atoms with Gasteiger partial charge in [0.05, 0.1) is 0 Å². The van der Waals surface area contributed by atoms with E-state index in [9.17, 15) is 14.4 Å². The van der Waals surface area contributed by atoms with Crippen LogP contribution in [0, 0.1) is 0 Å². The van der Waals surface area contributed by atoms with Crippen LogP contribution in [0.25, 0.3) is 0 Å². The summed E-state index contributed by atoms with van der Waals surface area (Å²) < 4.78 is 1.25. The number of amides is 1. The van der Waals surface area contributed by atoms with Gasteiger partial charge in [-0.15, -0.1) is 0 Å². The van der Waals surface area contributed by atoms with Crippen molar-refractivity contribution in [2.45, 2.75) is 37.3 Å². The molecule has 1 aromatic heterocycles. The molecule has 2 aliphatic heterocycles. The van der Waals surface area contributed by atoms with Crippen LogP contribution >= 0.6 is 0 Å². The average Bonchev–Trinajstić information content (AvgIpc) is 3.01. The van der Waals surface area contributed by atoms with Gasteiger partial charge < -0.3 is 4.90 Å². The molecule has 2 fully saturated rings. The maximum absolute atomic E-state index is 12.6. The number of aromatic nitrogens is 2. The number of hydrogen-bond acceptors (Lipinski definition) is 4. The van der Waals surface area contributed by atoms with Crippen LogP contribution in [0.1, 0.15) is 30.7 Å². The largest absolute Gasteiger partial charge is 0.341 e. The van der Waals surface area contributed by atoms with E-state index in [1.54, 1.807) is 0 Å². The van der Waals surface area contributed by atoms with Gasteiger partial charge in [-0.1, -0.05) is 30.3 Å². The van der Waals surface area contributed by atoms with Gasteiger partial charge in [0.25, 0.3) is 5.56 Å². The zero-order valence-electron chi connectivity index (χ0n) is 16.1. The van der Waals surface area contributed by atoms with Crippen molar-refractivity contribution in [1.29, 1.82) is 0 Å². The van der Waals surface area contributed by atoms with Gasteiger partial charge in [0.15, 0.2) is 0 Å². The number of hydrogen-bond donors (Lipinski definition) is 1. The summed E-state index contributed by atoms with van der Waals surface area (Å²) in [7, 11) is 2.19. The van der Waals surface area contributed by atoms with Crippen LogP contribution in [0.15, 0.2) is 52.2 Å². The molecule has 1 N–H and O–H groups in total. The van der Waals surface area contributed by atoms with Gasteiger partial charge in [-0.05, 0) is 37.8 Å². The molecule has 148 valence electrons. The highest BCUT2D eigenvalue weighted by molar-refractivity contribution is 5.76. The van der Waals surface area contributed by atoms with Crippen molar-refractivity contribution in [1.82, 2.24) is 19.4 Å². The Bertz CT molecular complexity index is 957. The number of piperidine rings is 1. The lowest BCUT2D eigenvalue weighted by Crippen LogP contribution is -2.52. The summed E-state index contributed by atoms with van der Waals surface area (Å²) in [5.41, 5.74) is 0.537. The monoisotopic (exact) mass is 382 g/mol. The number of rotatable bonds is 3. The van der Waals surface area contributed by atoms with Crippen LogP contribution in [0.3, 0.4) is 0 Å². The van der Waals surface area contributed by atoms with Gasteiger partial charge in [-0.3, -0.25) is 24.0 Å². The van der Waals surface area contributed by atoms with E-state index in [-0.39, 0.29) is 18.0 Å². The fourth-order valence-electron chi connectivity index (χ4n) is 4.72. The summed E-state index contributed by atoms with van der Waals surface area (Å²) in [4.78, 5) is 42.1. The highest BCUT2D eigenvalue weighted by atomic mass is 16.2. The second-order valence-corrected chi connectivity index (χ2v) is 8.04. The van der Waals surface area contributed by atoms with Crippen molar-refractivity contribution < 1.29 is 4.79 Å². The second kappa shape index (κ2) is 7.39. The molecule has 1 unspecified atom stereocenters. The first-order valence-corrected chi connectivity index (χ1v) is 9.81. The first-order chi connectivity index (χ1) is 13.5. The molecule has 2 aromatic rings. The molecule has 3 heterocycles. The predicted molar refractivity (Wildman–Crippen MR) is 106 cm³/mol. The Labute approximate surface area is 163 Å². The SMILES string of the molecule is CN1CC(c2ccccc2)CC12CCN(C(=O)Cn1ccc(=O)[nH]c1=O)CC2. The predicted octanol–water partition coefficient (Wildman–Crippen LogP) is 1.02. The van der Waals surface area contributed by atoms with Crippen molar-refractivity contribution in [3.8, 4) is 0 Å². The molecular formula is C21H26N4O3. The lowest BCUT2D eigenvalue weighted by molar-refractivity contribution is -0.134. The molecule has 1 spiro atoms. The smallest absolute Gasteiger partial charge is 0.328 e. The normalized spacial score (nSPS) is 21.9. The van der Waals surface area contributed by atoms with Gasteiger partial charge in [-0.2, -0.15) is 0 Å². The van der Waals surface area contributed by atoms with Gasteiger partial charge in [0.1, 0.15) is 6.54 Å². The lowest BCUT2D eigenvalue weighted by atomic mass is 9.81. The molecule has 1 aromatic carbocycles. The van der Waals surface area contributed by atoms with Gasteiger partial charge in [-0.25, -0.2) is 4.79 Å². The summed E-state index contributed by atoms with van der Waals surface area (Å²) in [5, 5.41) is 0. The maximum Gasteiger partial charge on any atom is 0.328 e. The zero-order chi connectivity index (χ0) is 19.7. The van der Waals surface area contributed by atoms with Gasteiger partial charge in [0.2, 0.25) is 5.91 Å². The van der Waals surface area contributed by atoms with E-state index in [2.05, 4.69) is 47.3 Å². The molecule has 0 saturated carbocycles. The second-order valence-electron chi connectivity index (χ2n) is 8.04. The molecule has 0 aliphatic carbocycles. The van der Waals surface area contributed by atoms with Crippen molar-refractivity contribution in [2.75, 3.05) is 26.7 Å². The Kier molecular flexibility index (Phi) is 4.93. The molecule has 0 bridgehead atoms. The average molecular weight is 382 g/mol. The summed E-state index contributed by atoms with van der Waals surface area (Å²) in [6, 6.07) is 11.9. The molecule has 7 heteroatoms. The van der Waals surface area contributed by atoms with Crippen LogP contribution in [0.2, 0.25) is 0 Å². The maximum atomic E-state index is 12.6. The Morgan fingerprint density at radius 1 is 1.14 bits per heavy atom. The third-order valence-electron chi connectivity index (χ3n) is 6.45. The third-order valence-corrected chi connectivity index (χ3v) is 6.45. The number of H-pyrrole nitrogens is 1. The third kappa shape index (κ3) is 3.54. The summed E-state index contributed by atoms with van der Waals surface area (Å²) in [6.45, 7) is 2.40. The number of aromatic amines is 1. The fourth-order valence-corrected chi connectivity index (χ4v) is 4.72. The number of nitrogens with zero attached hydrogens (tertiary/aromatic N) is 3. The Balaban J connectivity index is 1.39. The number of carbonyl (C=O) groups is 1. The van der Waals surface area contributed by atoms with Crippen LogP contribution in [-0.4, -0.2) is 57.5 Å². The summed E-state index contributed by atoms with van der Waals surface area (Å²) in [5.74, 6) is 0.456. The molecular weight excluding hydrogens is 356 g/mol. The molecule has 7 nitrogen and oxygen atoms in total. The Hall–Kier alpha value is -2.67. The zero-order valence-corrected chi connectivity index (χ0v) is 16.1. The number of likely N-dealkylation sites (N-methyl/N-ethyl adjacent to an activating group) is 1. The van der Waals surface area contributed by atoms with Crippen LogP contribution < -0.4 is 11.2 Å². The topological polar surface area (TPSA) is 78.4 Å². The molecule has 2 aliphatic rings. The highest BCUT2D eigenvalue weighted by Gasteiger charge is 2.46. The standard InChI is InChI=1S/C21H26N4O3/c1-23-14-17(16-5-3-2-4-6-16)13-21(23)8-11-24(12-9-21)19(27)15-25-10-7-18(26)22-20(25)28/h2-7,10,17H,8-9,11-15H2,1H3,(H,22,26,28). The van der Waals surface area contributed by atoms with Crippen molar-refractivity contribution >= 4 is 5.91 Å². The molecule has 0 radical (unpaired) electrons. The van der Waals surface area contributed by atoms with Crippen LogP contribution in [-0.2, 0) is 11.3 Å². The van der Waals surface area contributed by atoms with E-state index in [0.29, 0.717) is 19.0 Å². The van der Waals surface area contributed by atoms with Crippen molar-refractivity contribution in [3.05, 3.63) is 69.0 Å². The van der Waals surface area contributed by atoms with E-state index >= 15 is 0 Å². The molecule has 28 heavy (non-hydrogen) atoms. The summed E-state index contributed by atoms with van der Waals surface area (Å²) in [6.07, 6.45) is 4.38. The minimum atomic E-state index is -0.546. The minimum Gasteiger partial charge on any atom is -0.341 e. The number of benzene rings is 1. The van der Waals surface area contributed by atoms with Crippen LogP contribution in [0.4, 0.5) is 0 Å². The van der Waals surface area contributed by atoms with E-state index in [1.807, 2.05) is 4.90 Å². The fraction of sp³-hybridized carbons (Fsp3) is 0.476. The van der Waals surface area contributed by atoms with Crippen LogP contribution in [0.5, 0.6) is 0 Å². The molecule has 4 rings (SSSR count). The highest BCUT2D eigenvalue weighted by Crippen LogP contribution is 2.43. The van der Waals surface area contributed by atoms with Crippen molar-refractivity contribution in [2.24, 2.45) is 0 Å². The van der Waals surface area contributed by atoms with Gasteiger partial charge >= 0.3 is 5.69 Å². The van der Waals surface area contributed by atoms with E-state index in [4.69, 9.17) is 0 Å². The van der Waals surface area contributed by atoms with Gasteiger partial charge in [0, 0.05) is 37.4 Å². The number of likely N-dealkylation sites (tertiary alicyclic amines) is 2. The first kappa shape index (κ1) is 18.7. The Morgan fingerprint density at radius 2 is 1.86 bits per heavy atom. The van der Waals surface area contributed by atoms with E-state index in [1.165, 1.54) is 22.4 Å².